The summed E-state index contributed by atoms with van der Waals surface area (Å²) in [7, 11) is 3.23. The average Bonchev–Trinajstić information content (AvgIpc) is 2.99. The van der Waals surface area contributed by atoms with Gasteiger partial charge in [0.25, 0.3) is 11.5 Å². The van der Waals surface area contributed by atoms with Crippen molar-refractivity contribution in [3.05, 3.63) is 82.3 Å². The second kappa shape index (κ2) is 7.09. The van der Waals surface area contributed by atoms with E-state index in [1.165, 1.54) is 15.6 Å². The molecule has 0 fully saturated rings. The molecule has 1 aromatic heterocycles. The fraction of sp³-hybridized carbons (Fsp3) is 0.158. The maximum atomic E-state index is 12.4. The highest BCUT2D eigenvalue weighted by molar-refractivity contribution is 6.04. The van der Waals surface area contributed by atoms with Gasteiger partial charge in [0.05, 0.1) is 0 Å². The van der Waals surface area contributed by atoms with E-state index in [0.29, 0.717) is 12.3 Å². The number of hydrogen-bond donors (Lipinski definition) is 1. The third kappa shape index (κ3) is 3.80. The normalized spacial score (nSPS) is 10.5. The van der Waals surface area contributed by atoms with Crippen molar-refractivity contribution in [2.45, 2.75) is 6.61 Å². The number of nitrogens with zero attached hydrogens (tertiary/aromatic N) is 2. The fourth-order valence-electron chi connectivity index (χ4n) is 2.40. The summed E-state index contributed by atoms with van der Waals surface area (Å²) < 4.78 is 7.00. The standard InChI is InChI=1S/C19H19N3O3/c1-21(19(24)17-12-18(23)22(2)20-17)15-8-10-16(11-9-15)25-13-14-6-4-3-5-7-14/h3-12,20H,13H2,1-2H3. The Hall–Kier alpha value is -3.28. The number of aromatic amines is 1. The predicted molar refractivity (Wildman–Crippen MR) is 96.0 cm³/mol. The molecule has 0 aliphatic rings. The molecule has 6 nitrogen and oxygen atoms in total. The van der Waals surface area contributed by atoms with E-state index in [2.05, 4.69) is 5.10 Å². The molecule has 1 amide bonds. The van der Waals surface area contributed by atoms with E-state index in [4.69, 9.17) is 4.74 Å². The minimum absolute atomic E-state index is 0.249. The minimum atomic E-state index is -0.282. The van der Waals surface area contributed by atoms with Gasteiger partial charge in [-0.25, -0.2) is 0 Å². The van der Waals surface area contributed by atoms with Crippen molar-refractivity contribution < 1.29 is 9.53 Å². The van der Waals surface area contributed by atoms with Crippen molar-refractivity contribution in [3.63, 3.8) is 0 Å². The molecule has 1 N–H and O–H groups in total. The summed E-state index contributed by atoms with van der Waals surface area (Å²) in [6.45, 7) is 0.486. The number of rotatable bonds is 5. The lowest BCUT2D eigenvalue weighted by Crippen LogP contribution is -2.26. The largest absolute Gasteiger partial charge is 0.489 e. The molecule has 6 heteroatoms. The van der Waals surface area contributed by atoms with Crippen LogP contribution >= 0.6 is 0 Å². The Bertz CT molecular complexity index is 911. The first-order valence-corrected chi connectivity index (χ1v) is 7.85. The number of amides is 1. The zero-order chi connectivity index (χ0) is 17.8. The number of nitrogens with one attached hydrogen (secondary N) is 1. The molecule has 2 aromatic carbocycles. The van der Waals surface area contributed by atoms with Crippen molar-refractivity contribution in [1.82, 2.24) is 9.78 Å². The summed E-state index contributed by atoms with van der Waals surface area (Å²) in [5.41, 5.74) is 1.80. The van der Waals surface area contributed by atoms with Crippen LogP contribution in [0.1, 0.15) is 16.1 Å². The average molecular weight is 337 g/mol. The molecule has 128 valence electrons. The van der Waals surface area contributed by atoms with Gasteiger partial charge in [-0.3, -0.25) is 19.4 Å². The Labute approximate surface area is 145 Å². The Balaban J connectivity index is 1.66. The van der Waals surface area contributed by atoms with Crippen molar-refractivity contribution in [3.8, 4) is 5.75 Å². The molecule has 0 aliphatic carbocycles. The predicted octanol–water partition coefficient (Wildman–Crippen LogP) is 2.57. The number of carbonyl (C=O) groups is 1. The SMILES string of the molecule is CN(C(=O)c1cc(=O)n(C)[nH]1)c1ccc(OCc2ccccc2)cc1. The highest BCUT2D eigenvalue weighted by atomic mass is 16.5. The molecular weight excluding hydrogens is 318 g/mol. The fourth-order valence-corrected chi connectivity index (χ4v) is 2.40. The topological polar surface area (TPSA) is 67.3 Å². The van der Waals surface area contributed by atoms with Crippen LogP contribution in [0.15, 0.2) is 65.5 Å². The quantitative estimate of drug-likeness (QED) is 0.778. The van der Waals surface area contributed by atoms with Crippen LogP contribution in [-0.2, 0) is 13.7 Å². The van der Waals surface area contributed by atoms with Crippen LogP contribution in [0.3, 0.4) is 0 Å². The Morgan fingerprint density at radius 2 is 1.80 bits per heavy atom. The number of carbonyl (C=O) groups excluding carboxylic acids is 1. The lowest BCUT2D eigenvalue weighted by atomic mass is 10.2. The molecule has 0 spiro atoms. The van der Waals surface area contributed by atoms with Gasteiger partial charge in [0, 0.05) is 25.8 Å². The van der Waals surface area contributed by atoms with Crippen LogP contribution in [0.25, 0.3) is 0 Å². The summed E-state index contributed by atoms with van der Waals surface area (Å²) in [5, 5.41) is 2.73. The lowest BCUT2D eigenvalue weighted by Gasteiger charge is -2.17. The van der Waals surface area contributed by atoms with Crippen LogP contribution in [0.4, 0.5) is 5.69 Å². The van der Waals surface area contributed by atoms with Gasteiger partial charge in [-0.1, -0.05) is 30.3 Å². The summed E-state index contributed by atoms with van der Waals surface area (Å²) in [6, 6.07) is 18.4. The first-order chi connectivity index (χ1) is 12.0. The third-order valence-corrected chi connectivity index (χ3v) is 3.89. The molecule has 0 saturated carbocycles. The third-order valence-electron chi connectivity index (χ3n) is 3.89. The Morgan fingerprint density at radius 1 is 1.12 bits per heavy atom. The van der Waals surface area contributed by atoms with E-state index < -0.39 is 0 Å². The molecule has 0 unspecified atom stereocenters. The van der Waals surface area contributed by atoms with E-state index in [0.717, 1.165) is 11.3 Å². The van der Waals surface area contributed by atoms with Gasteiger partial charge in [0.1, 0.15) is 18.1 Å². The summed E-state index contributed by atoms with van der Waals surface area (Å²) in [5.74, 6) is 0.442. The molecule has 3 rings (SSSR count). The van der Waals surface area contributed by atoms with E-state index in [1.807, 2.05) is 42.5 Å². The van der Waals surface area contributed by atoms with Crippen molar-refractivity contribution in [2.75, 3.05) is 11.9 Å². The first kappa shape index (κ1) is 16.6. The smallest absolute Gasteiger partial charge is 0.276 e. The molecule has 0 aliphatic heterocycles. The number of anilines is 1. The van der Waals surface area contributed by atoms with Crippen LogP contribution in [-0.4, -0.2) is 22.7 Å². The van der Waals surface area contributed by atoms with Crippen LogP contribution in [0.2, 0.25) is 0 Å². The van der Waals surface area contributed by atoms with E-state index in [9.17, 15) is 9.59 Å². The van der Waals surface area contributed by atoms with Gasteiger partial charge in [-0.2, -0.15) is 0 Å². The second-order valence-corrected chi connectivity index (χ2v) is 5.70. The van der Waals surface area contributed by atoms with Gasteiger partial charge in [0.2, 0.25) is 0 Å². The monoisotopic (exact) mass is 337 g/mol. The number of aromatic nitrogens is 2. The minimum Gasteiger partial charge on any atom is -0.489 e. The Morgan fingerprint density at radius 3 is 2.40 bits per heavy atom. The van der Waals surface area contributed by atoms with Gasteiger partial charge < -0.3 is 9.64 Å². The van der Waals surface area contributed by atoms with Crippen LogP contribution in [0, 0.1) is 0 Å². The van der Waals surface area contributed by atoms with Crippen molar-refractivity contribution >= 4 is 11.6 Å². The molecule has 1 heterocycles. The van der Waals surface area contributed by atoms with Gasteiger partial charge in [-0.15, -0.1) is 0 Å². The Kier molecular flexibility index (Phi) is 4.70. The number of ether oxygens (including phenoxy) is 1. The number of benzene rings is 2. The molecule has 0 atom stereocenters. The van der Waals surface area contributed by atoms with E-state index >= 15 is 0 Å². The lowest BCUT2D eigenvalue weighted by molar-refractivity contribution is 0.0987. The molecule has 25 heavy (non-hydrogen) atoms. The maximum Gasteiger partial charge on any atom is 0.276 e. The molecular formula is C19H19N3O3. The van der Waals surface area contributed by atoms with Crippen molar-refractivity contribution in [1.29, 1.82) is 0 Å². The first-order valence-electron chi connectivity index (χ1n) is 7.85. The van der Waals surface area contributed by atoms with Crippen LogP contribution < -0.4 is 15.2 Å². The second-order valence-electron chi connectivity index (χ2n) is 5.70. The van der Waals surface area contributed by atoms with Gasteiger partial charge >= 0.3 is 0 Å². The van der Waals surface area contributed by atoms with E-state index in [-0.39, 0.29) is 17.2 Å². The number of H-pyrrole nitrogens is 1. The molecule has 0 radical (unpaired) electrons. The maximum absolute atomic E-state index is 12.4. The highest BCUT2D eigenvalue weighted by Gasteiger charge is 2.16. The summed E-state index contributed by atoms with van der Waals surface area (Å²) in [6.07, 6.45) is 0. The van der Waals surface area contributed by atoms with Crippen LogP contribution in [0.5, 0.6) is 5.75 Å². The molecule has 0 saturated heterocycles. The number of hydrogen-bond acceptors (Lipinski definition) is 3. The van der Waals surface area contributed by atoms with Gasteiger partial charge in [-0.05, 0) is 29.8 Å². The van der Waals surface area contributed by atoms with Crippen molar-refractivity contribution in [2.24, 2.45) is 7.05 Å². The zero-order valence-corrected chi connectivity index (χ0v) is 14.1. The summed E-state index contributed by atoms with van der Waals surface area (Å²) >= 11 is 0. The highest BCUT2D eigenvalue weighted by Crippen LogP contribution is 2.20. The molecule has 0 bridgehead atoms. The zero-order valence-electron chi connectivity index (χ0n) is 14.1. The van der Waals surface area contributed by atoms with E-state index in [1.54, 1.807) is 26.2 Å². The number of aryl methyl sites for hydroxylation is 1. The summed E-state index contributed by atoms with van der Waals surface area (Å²) in [4.78, 5) is 25.4. The molecule has 3 aromatic rings. The van der Waals surface area contributed by atoms with Gasteiger partial charge in [0.15, 0.2) is 0 Å².